The Morgan fingerprint density at radius 1 is 1.26 bits per heavy atom. The van der Waals surface area contributed by atoms with Crippen LogP contribution in [0.5, 0.6) is 0 Å². The van der Waals surface area contributed by atoms with E-state index in [1.54, 1.807) is 6.07 Å². The summed E-state index contributed by atoms with van der Waals surface area (Å²) in [7, 11) is 0. The van der Waals surface area contributed by atoms with Crippen LogP contribution in [0.15, 0.2) is 35.6 Å². The first-order valence-electron chi connectivity index (χ1n) is 9.03. The van der Waals surface area contributed by atoms with Gasteiger partial charge in [-0.25, -0.2) is 14.6 Å². The second-order valence-corrected chi connectivity index (χ2v) is 7.32. The maximum Gasteiger partial charge on any atom is 0.291 e. The number of carbonyl (C=O) groups excluding carboxylic acids is 1. The van der Waals surface area contributed by atoms with Crippen LogP contribution in [0, 0.1) is 5.92 Å². The number of amides is 1. The molecule has 1 amide bonds. The number of nitrogens with one attached hydrogen (secondary N) is 1. The summed E-state index contributed by atoms with van der Waals surface area (Å²) in [5, 5.41) is 7.10. The summed E-state index contributed by atoms with van der Waals surface area (Å²) in [4.78, 5) is 32.9. The molecule has 3 heterocycles. The molecule has 3 aromatic rings. The zero-order valence-electron chi connectivity index (χ0n) is 16.0. The summed E-state index contributed by atoms with van der Waals surface area (Å²) >= 11 is 0. The minimum Gasteiger partial charge on any atom is -0.309 e. The fraction of sp³-hybridized carbons (Fsp3) is 0.421. The number of hydrogen-bond donors (Lipinski definition) is 1. The minimum atomic E-state index is -0.365. The van der Waals surface area contributed by atoms with Crippen LogP contribution in [-0.2, 0) is 17.8 Å². The van der Waals surface area contributed by atoms with Gasteiger partial charge >= 0.3 is 0 Å². The molecule has 27 heavy (non-hydrogen) atoms. The third-order valence-corrected chi connectivity index (χ3v) is 4.10. The van der Waals surface area contributed by atoms with Gasteiger partial charge in [-0.3, -0.25) is 14.0 Å². The Bertz CT molecular complexity index is 1000. The van der Waals surface area contributed by atoms with Crippen LogP contribution in [0.3, 0.4) is 0 Å². The highest BCUT2D eigenvalue weighted by Gasteiger charge is 2.17. The largest absolute Gasteiger partial charge is 0.309 e. The highest BCUT2D eigenvalue weighted by Crippen LogP contribution is 2.17. The molecule has 0 bridgehead atoms. The topological polar surface area (TPSA) is 94.2 Å². The van der Waals surface area contributed by atoms with Crippen LogP contribution in [-0.4, -0.2) is 30.1 Å². The van der Waals surface area contributed by atoms with Crippen molar-refractivity contribution in [2.75, 3.05) is 5.32 Å². The number of anilines is 1. The van der Waals surface area contributed by atoms with Crippen LogP contribution in [0.2, 0.25) is 0 Å². The Hall–Kier alpha value is -3.03. The van der Waals surface area contributed by atoms with Crippen molar-refractivity contribution < 1.29 is 4.79 Å². The molecule has 3 rings (SSSR count). The van der Waals surface area contributed by atoms with E-state index in [1.807, 2.05) is 30.5 Å². The molecule has 0 atom stereocenters. The molecule has 0 aliphatic rings. The number of carbonyl (C=O) groups is 1. The van der Waals surface area contributed by atoms with E-state index >= 15 is 0 Å². The number of nitrogens with zero attached hydrogens (tertiary/aromatic N) is 5. The standard InChI is InChI=1S/C19H24N6O2/c1-12(2)7-14-8-15-19(27)25(23-18(13(3)4)24(15)9-14)10-17(26)22-16-5-6-20-11-21-16/h5-6,8-9,11-13H,7,10H2,1-4H3,(H,20,21,22,26). The van der Waals surface area contributed by atoms with Crippen molar-refractivity contribution in [2.24, 2.45) is 5.92 Å². The number of aromatic nitrogens is 5. The predicted octanol–water partition coefficient (Wildman–Crippen LogP) is 2.25. The maximum absolute atomic E-state index is 12.9. The zero-order valence-corrected chi connectivity index (χ0v) is 16.0. The van der Waals surface area contributed by atoms with Gasteiger partial charge in [0.1, 0.15) is 30.0 Å². The molecule has 3 aromatic heterocycles. The van der Waals surface area contributed by atoms with E-state index in [0.717, 1.165) is 17.8 Å². The van der Waals surface area contributed by atoms with Crippen molar-refractivity contribution in [2.45, 2.75) is 46.6 Å². The van der Waals surface area contributed by atoms with Gasteiger partial charge in [-0.05, 0) is 30.0 Å². The van der Waals surface area contributed by atoms with Crippen LogP contribution < -0.4 is 10.9 Å². The molecular weight excluding hydrogens is 344 g/mol. The Kier molecular flexibility index (Phi) is 5.34. The summed E-state index contributed by atoms with van der Waals surface area (Å²) in [6.07, 6.45) is 5.74. The third kappa shape index (κ3) is 4.21. The summed E-state index contributed by atoms with van der Waals surface area (Å²) in [6.45, 7) is 8.13. The fourth-order valence-electron chi connectivity index (χ4n) is 2.99. The van der Waals surface area contributed by atoms with Crippen molar-refractivity contribution in [1.29, 1.82) is 0 Å². The van der Waals surface area contributed by atoms with Gasteiger partial charge in [0, 0.05) is 18.3 Å². The van der Waals surface area contributed by atoms with Gasteiger partial charge in [0.05, 0.1) is 0 Å². The predicted molar refractivity (Wildman–Crippen MR) is 103 cm³/mol. The van der Waals surface area contributed by atoms with Crippen molar-refractivity contribution in [1.82, 2.24) is 24.1 Å². The summed E-state index contributed by atoms with van der Waals surface area (Å²) < 4.78 is 3.07. The average molecular weight is 368 g/mol. The van der Waals surface area contributed by atoms with Crippen LogP contribution >= 0.6 is 0 Å². The van der Waals surface area contributed by atoms with Crippen LogP contribution in [0.1, 0.15) is 45.0 Å². The van der Waals surface area contributed by atoms with Gasteiger partial charge in [-0.2, -0.15) is 5.10 Å². The molecule has 0 aromatic carbocycles. The highest BCUT2D eigenvalue weighted by molar-refractivity contribution is 5.89. The Morgan fingerprint density at radius 3 is 2.67 bits per heavy atom. The molecule has 8 heteroatoms. The van der Waals surface area contributed by atoms with Crippen molar-refractivity contribution in [3.8, 4) is 0 Å². The number of hydrogen-bond acceptors (Lipinski definition) is 5. The monoisotopic (exact) mass is 368 g/mol. The van der Waals surface area contributed by atoms with E-state index in [0.29, 0.717) is 17.3 Å². The fourth-order valence-corrected chi connectivity index (χ4v) is 2.99. The van der Waals surface area contributed by atoms with Gasteiger partial charge in [-0.15, -0.1) is 0 Å². The zero-order chi connectivity index (χ0) is 19.6. The second-order valence-electron chi connectivity index (χ2n) is 7.32. The molecule has 0 fully saturated rings. The molecule has 142 valence electrons. The SMILES string of the molecule is CC(C)Cc1cc2c(=O)n(CC(=O)Nc3ccncn3)nc(C(C)C)n2c1. The normalized spacial score (nSPS) is 11.5. The maximum atomic E-state index is 12.9. The summed E-state index contributed by atoms with van der Waals surface area (Å²) in [5.74, 6) is 1.35. The molecule has 0 spiro atoms. The molecule has 0 unspecified atom stereocenters. The molecule has 8 nitrogen and oxygen atoms in total. The average Bonchev–Trinajstić information content (AvgIpc) is 3.01. The Morgan fingerprint density at radius 2 is 2.04 bits per heavy atom. The minimum absolute atomic E-state index is 0.101. The van der Waals surface area contributed by atoms with E-state index in [4.69, 9.17) is 0 Å². The van der Waals surface area contributed by atoms with Crippen LogP contribution in [0.4, 0.5) is 5.82 Å². The lowest BCUT2D eigenvalue weighted by molar-refractivity contribution is -0.117. The molecule has 0 radical (unpaired) electrons. The van der Waals surface area contributed by atoms with E-state index in [2.05, 4.69) is 34.2 Å². The van der Waals surface area contributed by atoms with Gasteiger partial charge < -0.3 is 5.32 Å². The smallest absolute Gasteiger partial charge is 0.291 e. The second kappa shape index (κ2) is 7.69. The Balaban J connectivity index is 1.96. The molecular formula is C19H24N6O2. The van der Waals surface area contributed by atoms with Gasteiger partial charge in [0.15, 0.2) is 0 Å². The molecule has 0 aliphatic heterocycles. The third-order valence-electron chi connectivity index (χ3n) is 4.10. The van der Waals surface area contributed by atoms with Gasteiger partial charge in [0.2, 0.25) is 5.91 Å². The first kappa shape index (κ1) is 18.8. The number of fused-ring (bicyclic) bond motifs is 1. The molecule has 0 saturated heterocycles. The molecule has 0 saturated carbocycles. The Labute approximate surface area is 157 Å². The van der Waals surface area contributed by atoms with E-state index < -0.39 is 0 Å². The molecule has 0 aliphatic carbocycles. The van der Waals surface area contributed by atoms with E-state index in [1.165, 1.54) is 17.2 Å². The number of rotatable bonds is 6. The van der Waals surface area contributed by atoms with Gasteiger partial charge in [0.25, 0.3) is 5.56 Å². The van der Waals surface area contributed by atoms with Crippen LogP contribution in [0.25, 0.3) is 5.52 Å². The lowest BCUT2D eigenvalue weighted by Gasteiger charge is -2.12. The van der Waals surface area contributed by atoms with E-state index in [-0.39, 0.29) is 23.9 Å². The van der Waals surface area contributed by atoms with Crippen molar-refractivity contribution in [3.63, 3.8) is 0 Å². The van der Waals surface area contributed by atoms with Crippen molar-refractivity contribution in [3.05, 3.63) is 52.6 Å². The lowest BCUT2D eigenvalue weighted by Crippen LogP contribution is -2.32. The highest BCUT2D eigenvalue weighted by atomic mass is 16.2. The summed E-state index contributed by atoms with van der Waals surface area (Å²) in [6, 6.07) is 3.48. The lowest BCUT2D eigenvalue weighted by atomic mass is 10.1. The quantitative estimate of drug-likeness (QED) is 0.720. The first-order valence-corrected chi connectivity index (χ1v) is 9.03. The summed E-state index contributed by atoms with van der Waals surface area (Å²) in [5.41, 5.74) is 1.35. The van der Waals surface area contributed by atoms with Crippen molar-refractivity contribution >= 4 is 17.2 Å². The molecule has 1 N–H and O–H groups in total. The first-order chi connectivity index (χ1) is 12.8. The van der Waals surface area contributed by atoms with Gasteiger partial charge in [-0.1, -0.05) is 27.7 Å². The van der Waals surface area contributed by atoms with E-state index in [9.17, 15) is 9.59 Å².